The average Bonchev–Trinajstić information content (AvgIpc) is 3.38. The number of hydrogen-bond acceptors (Lipinski definition) is 7. The number of carbonyl (C=O) groups excluding carboxylic acids is 1. The number of allylic oxidation sites excluding steroid dienone is 3. The van der Waals surface area contributed by atoms with Gasteiger partial charge in [-0.1, -0.05) is 19.1 Å². The van der Waals surface area contributed by atoms with E-state index in [1.807, 2.05) is 12.1 Å². The minimum atomic E-state index is -0.353. The molecule has 1 saturated heterocycles. The van der Waals surface area contributed by atoms with Crippen LogP contribution in [0.4, 0.5) is 0 Å². The lowest BCUT2D eigenvalue weighted by Gasteiger charge is -2.26. The van der Waals surface area contributed by atoms with E-state index >= 15 is 0 Å². The number of nitrogens with zero attached hydrogens (tertiary/aromatic N) is 4. The first-order valence-corrected chi connectivity index (χ1v) is 10.7. The molecule has 8 nitrogen and oxygen atoms in total. The average molecular weight is 424 g/mol. The summed E-state index contributed by atoms with van der Waals surface area (Å²) < 4.78 is 12.5. The van der Waals surface area contributed by atoms with Crippen LogP contribution in [0.5, 0.6) is 0 Å². The number of aliphatic imine (C=N–C) groups is 1. The highest BCUT2D eigenvalue weighted by atomic mass is 16.5. The Morgan fingerprint density at radius 1 is 1.29 bits per heavy atom. The molecule has 2 aliphatic rings. The Morgan fingerprint density at radius 3 is 2.90 bits per heavy atom. The smallest absolute Gasteiger partial charge is 0.337 e. The van der Waals surface area contributed by atoms with E-state index in [1.54, 1.807) is 6.07 Å². The molecule has 1 aromatic carbocycles. The highest BCUT2D eigenvalue weighted by Crippen LogP contribution is 2.21. The molecule has 0 atom stereocenters. The first-order valence-electron chi connectivity index (χ1n) is 10.7. The number of aromatic nitrogens is 2. The van der Waals surface area contributed by atoms with E-state index in [4.69, 9.17) is 14.5 Å². The maximum absolute atomic E-state index is 12.1. The molecule has 1 N–H and O–H groups in total. The van der Waals surface area contributed by atoms with Crippen molar-refractivity contribution >= 4 is 22.8 Å². The van der Waals surface area contributed by atoms with E-state index in [1.165, 1.54) is 7.11 Å². The summed E-state index contributed by atoms with van der Waals surface area (Å²) in [7, 11) is 1.39. The molecule has 4 rings (SSSR count). The van der Waals surface area contributed by atoms with Gasteiger partial charge >= 0.3 is 5.97 Å². The summed E-state index contributed by atoms with van der Waals surface area (Å²) in [6.45, 7) is 7.28. The second-order valence-electron chi connectivity index (χ2n) is 7.61. The predicted octanol–water partition coefficient (Wildman–Crippen LogP) is 2.51. The molecule has 1 aromatic heterocycles. The van der Waals surface area contributed by atoms with Gasteiger partial charge < -0.3 is 19.4 Å². The number of methoxy groups -OCH3 is 1. The maximum atomic E-state index is 12.1. The lowest BCUT2D eigenvalue weighted by atomic mass is 10.2. The number of amidine groups is 1. The molecule has 0 amide bonds. The quantitative estimate of drug-likeness (QED) is 0.690. The van der Waals surface area contributed by atoms with Crippen molar-refractivity contribution in [2.75, 3.05) is 40.0 Å². The molecule has 0 unspecified atom stereocenters. The first kappa shape index (κ1) is 21.3. The molecule has 1 fully saturated rings. The third-order valence-electron chi connectivity index (χ3n) is 5.44. The number of hydrogen-bond donors (Lipinski definition) is 1. The minimum Gasteiger partial charge on any atom is -0.465 e. The van der Waals surface area contributed by atoms with Crippen LogP contribution in [0.1, 0.15) is 29.5 Å². The number of benzene rings is 1. The van der Waals surface area contributed by atoms with Crippen LogP contribution in [-0.2, 0) is 22.6 Å². The van der Waals surface area contributed by atoms with Crippen LogP contribution in [0.2, 0.25) is 0 Å². The van der Waals surface area contributed by atoms with E-state index in [-0.39, 0.29) is 5.97 Å². The molecule has 31 heavy (non-hydrogen) atoms. The van der Waals surface area contributed by atoms with Crippen LogP contribution < -0.4 is 5.32 Å². The van der Waals surface area contributed by atoms with Gasteiger partial charge in [0.1, 0.15) is 11.7 Å². The summed E-state index contributed by atoms with van der Waals surface area (Å²) in [5.41, 5.74) is 3.35. The fraction of sp³-hybridized carbons (Fsp3) is 0.435. The van der Waals surface area contributed by atoms with Gasteiger partial charge in [-0.15, -0.1) is 0 Å². The molecule has 2 aromatic rings. The Kier molecular flexibility index (Phi) is 6.79. The topological polar surface area (TPSA) is 81.0 Å². The van der Waals surface area contributed by atoms with Gasteiger partial charge in [0.05, 0.1) is 56.6 Å². The van der Waals surface area contributed by atoms with Crippen LogP contribution in [0.3, 0.4) is 0 Å². The molecule has 0 bridgehead atoms. The van der Waals surface area contributed by atoms with Crippen molar-refractivity contribution in [1.29, 1.82) is 0 Å². The van der Waals surface area contributed by atoms with Crippen LogP contribution in [0, 0.1) is 0 Å². The van der Waals surface area contributed by atoms with E-state index in [2.05, 4.69) is 44.9 Å². The van der Waals surface area contributed by atoms with Gasteiger partial charge in [-0.05, 0) is 30.7 Å². The van der Waals surface area contributed by atoms with Crippen molar-refractivity contribution in [3.05, 3.63) is 53.5 Å². The van der Waals surface area contributed by atoms with E-state index in [0.29, 0.717) is 18.7 Å². The third-order valence-corrected chi connectivity index (χ3v) is 5.44. The molecule has 8 heteroatoms. The van der Waals surface area contributed by atoms with E-state index < -0.39 is 0 Å². The SMILES string of the molecule is CC/C=C\C=C1/CN=C(Cn2c(CN3CCOCC3)nc3ccc(C(=O)OC)cc32)N1. The minimum absolute atomic E-state index is 0.353. The van der Waals surface area contributed by atoms with Gasteiger partial charge in [0, 0.05) is 18.8 Å². The molecular weight excluding hydrogens is 394 g/mol. The van der Waals surface area contributed by atoms with E-state index in [0.717, 1.165) is 67.7 Å². The Balaban J connectivity index is 1.63. The molecule has 0 spiro atoms. The van der Waals surface area contributed by atoms with E-state index in [9.17, 15) is 4.79 Å². The lowest BCUT2D eigenvalue weighted by Crippen LogP contribution is -2.36. The fourth-order valence-electron chi connectivity index (χ4n) is 3.77. The van der Waals surface area contributed by atoms with Crippen LogP contribution >= 0.6 is 0 Å². The highest BCUT2D eigenvalue weighted by molar-refractivity contribution is 5.94. The number of esters is 1. The monoisotopic (exact) mass is 423 g/mol. The maximum Gasteiger partial charge on any atom is 0.337 e. The molecule has 0 saturated carbocycles. The Hall–Kier alpha value is -2.97. The fourth-order valence-corrected chi connectivity index (χ4v) is 3.77. The molecule has 164 valence electrons. The van der Waals surface area contributed by atoms with Gasteiger partial charge in [-0.3, -0.25) is 9.89 Å². The van der Waals surface area contributed by atoms with Crippen molar-refractivity contribution in [3.8, 4) is 0 Å². The van der Waals surface area contributed by atoms with Gasteiger partial charge in [-0.25, -0.2) is 9.78 Å². The zero-order valence-electron chi connectivity index (χ0n) is 18.1. The summed E-state index contributed by atoms with van der Waals surface area (Å²) in [6, 6.07) is 5.50. The largest absolute Gasteiger partial charge is 0.465 e. The van der Waals surface area contributed by atoms with Crippen molar-refractivity contribution in [1.82, 2.24) is 19.8 Å². The highest BCUT2D eigenvalue weighted by Gasteiger charge is 2.20. The standard InChI is InChI=1S/C23H29N5O3/c1-3-4-5-6-18-14-24-21(25-18)15-28-20-13-17(23(29)30-2)7-8-19(20)26-22(28)16-27-9-11-31-12-10-27/h4-8,13H,3,9-12,14-16H2,1-2H3,(H,24,25)/b5-4-,18-6+. The number of ether oxygens (including phenoxy) is 2. The number of carbonyl (C=O) groups is 1. The summed E-state index contributed by atoms with van der Waals surface area (Å²) >= 11 is 0. The van der Waals surface area contributed by atoms with Gasteiger partial charge in [-0.2, -0.15) is 0 Å². The summed E-state index contributed by atoms with van der Waals surface area (Å²) in [6.07, 6.45) is 7.24. The molecular formula is C23H29N5O3. The second kappa shape index (κ2) is 9.89. The predicted molar refractivity (Wildman–Crippen MR) is 120 cm³/mol. The summed E-state index contributed by atoms with van der Waals surface area (Å²) in [5.74, 6) is 1.49. The Bertz CT molecular complexity index is 1030. The second-order valence-corrected chi connectivity index (χ2v) is 7.61. The summed E-state index contributed by atoms with van der Waals surface area (Å²) in [4.78, 5) is 24.0. The van der Waals surface area contributed by atoms with Crippen LogP contribution in [-0.4, -0.2) is 66.2 Å². The summed E-state index contributed by atoms with van der Waals surface area (Å²) in [5, 5.41) is 3.42. The van der Waals surface area contributed by atoms with Gasteiger partial charge in [0.15, 0.2) is 0 Å². The Labute approximate surface area is 182 Å². The zero-order chi connectivity index (χ0) is 21.6. The van der Waals surface area contributed by atoms with Gasteiger partial charge in [0.2, 0.25) is 0 Å². The molecule has 2 aliphatic heterocycles. The normalized spacial score (nSPS) is 18.6. The third kappa shape index (κ3) is 5.03. The number of nitrogens with one attached hydrogen (secondary N) is 1. The molecule has 0 radical (unpaired) electrons. The van der Waals surface area contributed by atoms with Crippen molar-refractivity contribution in [2.24, 2.45) is 4.99 Å². The van der Waals surface area contributed by atoms with Crippen LogP contribution in [0.25, 0.3) is 11.0 Å². The molecule has 0 aliphatic carbocycles. The van der Waals surface area contributed by atoms with Gasteiger partial charge in [0.25, 0.3) is 0 Å². The first-order chi connectivity index (χ1) is 15.2. The van der Waals surface area contributed by atoms with Crippen LogP contribution in [0.15, 0.2) is 47.1 Å². The Morgan fingerprint density at radius 2 is 2.13 bits per heavy atom. The van der Waals surface area contributed by atoms with Crippen molar-refractivity contribution in [3.63, 3.8) is 0 Å². The van der Waals surface area contributed by atoms with Crippen molar-refractivity contribution in [2.45, 2.75) is 26.4 Å². The zero-order valence-corrected chi connectivity index (χ0v) is 18.1. The number of fused-ring (bicyclic) bond motifs is 1. The number of morpholine rings is 1. The number of imidazole rings is 1. The number of rotatable bonds is 7. The van der Waals surface area contributed by atoms with Crippen molar-refractivity contribution < 1.29 is 14.3 Å². The lowest BCUT2D eigenvalue weighted by molar-refractivity contribution is 0.0327. The molecule has 3 heterocycles.